The molecule has 0 aliphatic heterocycles. The van der Waals surface area contributed by atoms with E-state index in [-0.39, 0.29) is 91.9 Å². The van der Waals surface area contributed by atoms with Gasteiger partial charge in [0.15, 0.2) is 11.5 Å². The van der Waals surface area contributed by atoms with Crippen LogP contribution in [0.2, 0.25) is 15.1 Å². The summed E-state index contributed by atoms with van der Waals surface area (Å²) in [5.74, 6) is -1.35. The Morgan fingerprint density at radius 1 is 0.333 bits per heavy atom. The van der Waals surface area contributed by atoms with Gasteiger partial charge in [-0.25, -0.2) is 23.7 Å². The molecular weight excluding hydrogens is 1280 g/mol. The second-order valence-corrected chi connectivity index (χ2v) is 28.0. The third-order valence-corrected chi connectivity index (χ3v) is 15.3. The van der Waals surface area contributed by atoms with Gasteiger partial charge in [0.1, 0.15) is 23.0 Å². The van der Waals surface area contributed by atoms with Crippen molar-refractivity contribution < 1.29 is 44.2 Å². The Balaban J connectivity index is 0.000000184. The van der Waals surface area contributed by atoms with Gasteiger partial charge in [-0.3, -0.25) is 43.8 Å². The van der Waals surface area contributed by atoms with Crippen molar-refractivity contribution in [3.8, 4) is 34.5 Å². The first-order valence-corrected chi connectivity index (χ1v) is 29.5. The van der Waals surface area contributed by atoms with E-state index < -0.39 is 95.0 Å². The topological polar surface area (TPSA) is 388 Å². The van der Waals surface area contributed by atoms with Gasteiger partial charge in [0, 0.05) is 5.56 Å². The van der Waals surface area contributed by atoms with Crippen LogP contribution in [0.3, 0.4) is 0 Å². The fraction of sp³-hybridized carbons (Fsp3) is 0.375. The molecule has 498 valence electrons. The minimum atomic E-state index is -0.700. The zero-order chi connectivity index (χ0) is 70.9. The summed E-state index contributed by atoms with van der Waals surface area (Å²) in [5, 5.41) is 63.5. The van der Waals surface area contributed by atoms with Crippen molar-refractivity contribution in [2.75, 3.05) is 0 Å². The minimum Gasteiger partial charge on any atom is -0.508 e. The zero-order valence-electron chi connectivity index (χ0n) is 54.4. The maximum absolute atomic E-state index is 12.4. The highest BCUT2D eigenvalue weighted by Gasteiger charge is 2.27. The molecule has 0 aliphatic carbocycles. The fourth-order valence-electron chi connectivity index (χ4n) is 9.14. The van der Waals surface area contributed by atoms with E-state index in [1.54, 1.807) is 132 Å². The van der Waals surface area contributed by atoms with E-state index >= 15 is 0 Å². The minimum absolute atomic E-state index is 0.00228. The number of fused-ring (bicyclic) bond motifs is 5. The Morgan fingerprint density at radius 3 is 1.14 bits per heavy atom. The number of nitrogens with zero attached hydrogens (tertiary/aromatic N) is 5. The van der Waals surface area contributed by atoms with Gasteiger partial charge >= 0.3 is 16.9 Å². The number of hydrogen-bond donors (Lipinski definition) is 8. The molecule has 5 heterocycles. The predicted molar refractivity (Wildman–Crippen MR) is 357 cm³/mol. The van der Waals surface area contributed by atoms with Crippen molar-refractivity contribution in [1.82, 2.24) is 33.8 Å². The van der Waals surface area contributed by atoms with E-state index in [1.807, 2.05) is 0 Å². The van der Waals surface area contributed by atoms with E-state index in [0.29, 0.717) is 22.3 Å². The summed E-state index contributed by atoms with van der Waals surface area (Å²) in [6.45, 7) is 32.8. The van der Waals surface area contributed by atoms with E-state index in [2.05, 4.69) is 10.2 Å². The summed E-state index contributed by atoms with van der Waals surface area (Å²) in [6, 6.07) is 9.07. The molecule has 10 aromatic rings. The SMILES string of the molecule is CC(C)(C)n1[nH]c(=O)c2cc(O)c(O)cc2c1=O.Cc1c(O)cc2c(=O)n(C(C)(C)C)oc(=O)c2c1Cl.Cc1cc2c(=O)[nH]n(C(C)(C)C)c(=O)c2c(Cl)c1O.Cc1cc2c(=O)on(C(C)(C)C)c(=O)c2c(Cl)c1O.Cc1cc2c(=O)on(C(C)(C)C)c(=O)c2cc1O. The summed E-state index contributed by atoms with van der Waals surface area (Å²) in [7, 11) is 0. The molecule has 0 saturated heterocycles. The summed E-state index contributed by atoms with van der Waals surface area (Å²) in [6.07, 6.45) is 0. The molecule has 0 fully saturated rings. The number of halogens is 3. The van der Waals surface area contributed by atoms with Crippen LogP contribution in [0.15, 0.2) is 104 Å². The average Bonchev–Trinajstić information content (AvgIpc) is 0.794. The zero-order valence-corrected chi connectivity index (χ0v) is 56.7. The van der Waals surface area contributed by atoms with Gasteiger partial charge in [-0.1, -0.05) is 34.8 Å². The maximum Gasteiger partial charge on any atom is 0.365 e. The molecule has 0 amide bonds. The normalized spacial score (nSPS) is 12.0. The van der Waals surface area contributed by atoms with Gasteiger partial charge in [0.25, 0.3) is 38.9 Å². The molecule has 10 rings (SSSR count). The van der Waals surface area contributed by atoms with E-state index in [4.69, 9.17) is 48.4 Å². The Morgan fingerprint density at radius 2 is 0.677 bits per heavy atom. The molecule has 8 N–H and O–H groups in total. The van der Waals surface area contributed by atoms with E-state index in [9.17, 15) is 78.6 Å². The lowest BCUT2D eigenvalue weighted by molar-refractivity contribution is 0.135. The number of nitrogens with one attached hydrogen (secondary N) is 2. The number of phenolic OH excluding ortho intramolecular Hbond substituents is 6. The molecular formula is C64H72Cl3N7O19. The van der Waals surface area contributed by atoms with Gasteiger partial charge in [0.2, 0.25) is 0 Å². The first kappa shape index (κ1) is 72.5. The first-order valence-electron chi connectivity index (χ1n) is 28.3. The van der Waals surface area contributed by atoms with Crippen molar-refractivity contribution in [2.24, 2.45) is 0 Å². The molecule has 0 unspecified atom stereocenters. The quantitative estimate of drug-likeness (QED) is 0.0655. The monoisotopic (exact) mass is 1350 g/mol. The molecule has 5 aromatic carbocycles. The molecule has 26 nitrogen and oxygen atoms in total. The van der Waals surface area contributed by atoms with Crippen LogP contribution < -0.4 is 55.8 Å². The summed E-state index contributed by atoms with van der Waals surface area (Å²) in [4.78, 5) is 121. The van der Waals surface area contributed by atoms with Gasteiger partial charge in [-0.15, -0.1) is 0 Å². The smallest absolute Gasteiger partial charge is 0.365 e. The lowest BCUT2D eigenvalue weighted by Gasteiger charge is -2.22. The van der Waals surface area contributed by atoms with Crippen molar-refractivity contribution in [3.63, 3.8) is 0 Å². The molecule has 93 heavy (non-hydrogen) atoms. The number of benzene rings is 5. The molecule has 0 bridgehead atoms. The number of aromatic nitrogens is 7. The molecule has 0 spiro atoms. The lowest BCUT2D eigenvalue weighted by Crippen LogP contribution is -2.39. The summed E-state index contributed by atoms with van der Waals surface area (Å²) in [5.41, 5.74) is -6.60. The van der Waals surface area contributed by atoms with E-state index in [1.165, 1.54) is 39.7 Å². The van der Waals surface area contributed by atoms with Crippen LogP contribution in [0.4, 0.5) is 0 Å². The average molecular weight is 1350 g/mol. The van der Waals surface area contributed by atoms with Crippen molar-refractivity contribution in [2.45, 2.75) is 159 Å². The number of aryl methyl sites for hydroxylation is 3. The molecule has 0 radical (unpaired) electrons. The summed E-state index contributed by atoms with van der Waals surface area (Å²) < 4.78 is 20.6. The number of phenols is 6. The Hall–Kier alpha value is -9.53. The number of H-pyrrole nitrogens is 2. The Kier molecular flexibility index (Phi) is 19.9. The van der Waals surface area contributed by atoms with Crippen LogP contribution in [-0.2, 0) is 27.7 Å². The summed E-state index contributed by atoms with van der Waals surface area (Å²) >= 11 is 18.0. The molecule has 0 saturated carbocycles. The molecule has 0 atom stereocenters. The standard InChI is InChI=1S/C13H15ClN2O3.2C13H14ClNO4.C13H15NO4.C12H14N2O4/c1-6-5-7-8(9(14)10(6)17)12(19)16(13(2,3)4)15-11(7)18;1-6-8(16)5-7-9(10(6)14)12(18)19-15(11(7)17)13(2,3)4;1-6-5-7-8(9(14)10(6)16)11(17)15(13(2,3)4)19-12(7)18;1-7-5-9-8(6-10(7)15)11(16)14(13(2,3)4)18-12(9)17;1-12(2,3)14-11(18)7-5-9(16)8(15)4-6(7)10(17)13-14/h5,17H,1-4H3,(H,15,18);2*5,16H,1-4H3;5-6,15H,1-4H3;4-5,15-16H,1-3H3,(H,13,17). The Bertz CT molecular complexity index is 5090. The predicted octanol–water partition coefficient (Wildman–Crippen LogP) is 9.45. The Labute approximate surface area is 541 Å². The lowest BCUT2D eigenvalue weighted by atomic mass is 10.1. The van der Waals surface area contributed by atoms with Crippen molar-refractivity contribution in [3.05, 3.63) is 184 Å². The number of rotatable bonds is 0. The first-order chi connectivity index (χ1) is 42.4. The molecule has 5 aromatic heterocycles. The van der Waals surface area contributed by atoms with Crippen LogP contribution >= 0.6 is 34.8 Å². The van der Waals surface area contributed by atoms with Crippen LogP contribution in [0.1, 0.15) is 126 Å². The maximum atomic E-state index is 12.4. The largest absolute Gasteiger partial charge is 0.508 e. The van der Waals surface area contributed by atoms with Gasteiger partial charge in [-0.05, 0) is 191 Å². The van der Waals surface area contributed by atoms with Crippen molar-refractivity contribution in [1.29, 1.82) is 0 Å². The number of aromatic amines is 2. The fourth-order valence-corrected chi connectivity index (χ4v) is 10.1. The highest BCUT2D eigenvalue weighted by molar-refractivity contribution is 6.37. The third-order valence-electron chi connectivity index (χ3n) is 14.1. The number of hydrogen-bond acceptors (Lipinski definition) is 19. The van der Waals surface area contributed by atoms with Gasteiger partial charge in [0.05, 0.1) is 96.6 Å². The molecule has 0 aliphatic rings. The highest BCUT2D eigenvalue weighted by Crippen LogP contribution is 2.35. The van der Waals surface area contributed by atoms with Gasteiger partial charge in [-0.2, -0.15) is 14.2 Å². The van der Waals surface area contributed by atoms with Crippen LogP contribution in [-0.4, -0.2) is 64.4 Å². The second kappa shape index (κ2) is 25.5. The van der Waals surface area contributed by atoms with E-state index in [0.717, 1.165) is 26.4 Å². The second-order valence-electron chi connectivity index (χ2n) is 26.8. The van der Waals surface area contributed by atoms with Gasteiger partial charge < -0.3 is 44.2 Å². The van der Waals surface area contributed by atoms with Crippen LogP contribution in [0, 0.1) is 27.7 Å². The van der Waals surface area contributed by atoms with Crippen LogP contribution in [0.25, 0.3) is 53.9 Å². The molecule has 29 heteroatoms. The third kappa shape index (κ3) is 14.4. The van der Waals surface area contributed by atoms with Crippen molar-refractivity contribution >= 4 is 88.7 Å². The highest BCUT2D eigenvalue weighted by atomic mass is 35.5. The number of aromatic hydroxyl groups is 6. The van der Waals surface area contributed by atoms with Crippen LogP contribution in [0.5, 0.6) is 34.5 Å².